The van der Waals surface area contributed by atoms with Gasteiger partial charge >= 0.3 is 0 Å². The predicted molar refractivity (Wildman–Crippen MR) is 115 cm³/mol. The van der Waals surface area contributed by atoms with Crippen LogP contribution in [0.4, 0.5) is 0 Å². The molecule has 4 rings (SSSR count). The Morgan fingerprint density at radius 2 is 1.90 bits per heavy atom. The van der Waals surface area contributed by atoms with Gasteiger partial charge in [-0.3, -0.25) is 9.59 Å². The average Bonchev–Trinajstić information content (AvgIpc) is 2.94. The average molecular weight is 431 g/mol. The maximum Gasteiger partial charge on any atom is 0.290 e. The number of hydrogen-bond acceptors (Lipinski definition) is 4. The van der Waals surface area contributed by atoms with Crippen LogP contribution in [0.1, 0.15) is 33.3 Å². The van der Waals surface area contributed by atoms with E-state index in [1.54, 1.807) is 29.2 Å². The molecule has 5 nitrogen and oxygen atoms in total. The van der Waals surface area contributed by atoms with E-state index in [9.17, 15) is 9.59 Å². The normalized spacial score (nSPS) is 16.1. The molecule has 2 aromatic carbocycles. The highest BCUT2D eigenvalue weighted by atomic mass is 35.5. The number of nitrogens with zero attached hydrogens (tertiary/aromatic N) is 2. The number of hydrogen-bond donors (Lipinski definition) is 0. The molecule has 1 aliphatic heterocycles. The Labute approximate surface area is 178 Å². The molecule has 0 N–H and O–H groups in total. The van der Waals surface area contributed by atoms with Crippen molar-refractivity contribution in [1.29, 1.82) is 0 Å². The second kappa shape index (κ2) is 7.48. The zero-order chi connectivity index (χ0) is 20.9. The highest BCUT2D eigenvalue weighted by Gasteiger charge is 2.42. The van der Waals surface area contributed by atoms with E-state index in [1.165, 1.54) is 0 Å². The lowest BCUT2D eigenvalue weighted by atomic mass is 9.98. The zero-order valence-electron chi connectivity index (χ0n) is 16.3. The van der Waals surface area contributed by atoms with Gasteiger partial charge in [-0.05, 0) is 56.4 Å². The van der Waals surface area contributed by atoms with Gasteiger partial charge in [0.25, 0.3) is 5.91 Å². The summed E-state index contributed by atoms with van der Waals surface area (Å²) in [5.41, 5.74) is 2.01. The molecule has 3 aromatic rings. The molecule has 1 aromatic heterocycles. The summed E-state index contributed by atoms with van der Waals surface area (Å²) in [4.78, 5) is 30.3. The molecule has 7 heteroatoms. The second-order valence-electron chi connectivity index (χ2n) is 7.53. The molecule has 29 heavy (non-hydrogen) atoms. The van der Waals surface area contributed by atoms with E-state index in [-0.39, 0.29) is 17.1 Å². The molecule has 0 unspecified atom stereocenters. The van der Waals surface area contributed by atoms with Crippen molar-refractivity contribution < 1.29 is 9.21 Å². The van der Waals surface area contributed by atoms with Gasteiger partial charge in [0.05, 0.1) is 17.0 Å². The lowest BCUT2D eigenvalue weighted by Crippen LogP contribution is -2.35. The van der Waals surface area contributed by atoms with Crippen LogP contribution in [0.25, 0.3) is 11.0 Å². The molecule has 0 aliphatic carbocycles. The van der Waals surface area contributed by atoms with Crippen molar-refractivity contribution in [2.45, 2.75) is 13.0 Å². The lowest BCUT2D eigenvalue weighted by Gasteiger charge is -2.26. The van der Waals surface area contributed by atoms with Crippen molar-refractivity contribution in [2.75, 3.05) is 27.2 Å². The molecule has 0 spiro atoms. The van der Waals surface area contributed by atoms with Crippen LogP contribution >= 0.6 is 23.2 Å². The Morgan fingerprint density at radius 3 is 2.59 bits per heavy atom. The summed E-state index contributed by atoms with van der Waals surface area (Å²) in [5, 5.41) is 1.39. The first-order chi connectivity index (χ1) is 13.8. The van der Waals surface area contributed by atoms with E-state index in [0.29, 0.717) is 39.7 Å². The molecule has 0 fully saturated rings. The van der Waals surface area contributed by atoms with Crippen molar-refractivity contribution in [3.05, 3.63) is 79.1 Å². The number of rotatable bonds is 4. The Morgan fingerprint density at radius 1 is 1.14 bits per heavy atom. The number of fused-ring (bicyclic) bond motifs is 2. The number of carbonyl (C=O) groups excluding carboxylic acids is 1. The van der Waals surface area contributed by atoms with Gasteiger partial charge in [0.2, 0.25) is 5.76 Å². The molecular formula is C22H20Cl2N2O3. The number of carbonyl (C=O) groups is 1. The van der Waals surface area contributed by atoms with Crippen molar-refractivity contribution in [2.24, 2.45) is 0 Å². The van der Waals surface area contributed by atoms with E-state index in [2.05, 4.69) is 0 Å². The fourth-order valence-electron chi connectivity index (χ4n) is 3.70. The molecule has 150 valence electrons. The third-order valence-electron chi connectivity index (χ3n) is 5.20. The van der Waals surface area contributed by atoms with Crippen molar-refractivity contribution in [3.63, 3.8) is 0 Å². The van der Waals surface area contributed by atoms with E-state index >= 15 is 0 Å². The Balaban J connectivity index is 1.97. The van der Waals surface area contributed by atoms with Crippen LogP contribution < -0.4 is 5.43 Å². The Kier molecular flexibility index (Phi) is 5.15. The van der Waals surface area contributed by atoms with E-state index in [1.807, 2.05) is 38.1 Å². The minimum Gasteiger partial charge on any atom is -0.450 e. The lowest BCUT2D eigenvalue weighted by molar-refractivity contribution is 0.0716. The van der Waals surface area contributed by atoms with Crippen LogP contribution in [0, 0.1) is 6.92 Å². The first kappa shape index (κ1) is 20.0. The summed E-state index contributed by atoms with van der Waals surface area (Å²) in [6.07, 6.45) is 0. The molecule has 0 saturated heterocycles. The summed E-state index contributed by atoms with van der Waals surface area (Å²) in [6, 6.07) is 9.97. The molecule has 0 radical (unpaired) electrons. The van der Waals surface area contributed by atoms with Gasteiger partial charge in [-0.2, -0.15) is 0 Å². The zero-order valence-corrected chi connectivity index (χ0v) is 17.8. The van der Waals surface area contributed by atoms with Gasteiger partial charge in [0, 0.05) is 23.1 Å². The van der Waals surface area contributed by atoms with Crippen molar-refractivity contribution in [3.8, 4) is 0 Å². The maximum atomic E-state index is 13.4. The van der Waals surface area contributed by atoms with Gasteiger partial charge in [0.15, 0.2) is 5.43 Å². The quantitative estimate of drug-likeness (QED) is 0.610. The molecule has 1 atom stereocenters. The SMILES string of the molecule is Cc1cc2oc3c(c(=O)c2cc1Cl)[C@H](c1cccc(Cl)c1)N(CCN(C)C)C3=O. The summed E-state index contributed by atoms with van der Waals surface area (Å²) >= 11 is 12.5. The number of aryl methyl sites for hydroxylation is 1. The van der Waals surface area contributed by atoms with Gasteiger partial charge in [-0.25, -0.2) is 0 Å². The number of halogens is 2. The highest BCUT2D eigenvalue weighted by Crippen LogP contribution is 2.39. The van der Waals surface area contributed by atoms with E-state index < -0.39 is 6.04 Å². The second-order valence-corrected chi connectivity index (χ2v) is 8.37. The molecule has 0 bridgehead atoms. The van der Waals surface area contributed by atoms with Crippen LogP contribution in [-0.2, 0) is 0 Å². The van der Waals surface area contributed by atoms with Gasteiger partial charge in [0.1, 0.15) is 5.58 Å². The number of benzene rings is 2. The summed E-state index contributed by atoms with van der Waals surface area (Å²) in [5.74, 6) is -0.202. The first-order valence-corrected chi connectivity index (χ1v) is 10.0. The van der Waals surface area contributed by atoms with Crippen LogP contribution in [0.3, 0.4) is 0 Å². The third kappa shape index (κ3) is 3.44. The fraction of sp³-hybridized carbons (Fsp3) is 0.273. The highest BCUT2D eigenvalue weighted by molar-refractivity contribution is 6.32. The Bertz CT molecular complexity index is 1190. The van der Waals surface area contributed by atoms with Gasteiger partial charge < -0.3 is 14.2 Å². The molecule has 1 aliphatic rings. The predicted octanol–water partition coefficient (Wildman–Crippen LogP) is 4.52. The number of amides is 1. The molecule has 0 saturated carbocycles. The van der Waals surface area contributed by atoms with Crippen LogP contribution in [0.15, 0.2) is 45.6 Å². The van der Waals surface area contributed by atoms with E-state index in [0.717, 1.165) is 11.1 Å². The topological polar surface area (TPSA) is 53.8 Å². The van der Waals surface area contributed by atoms with Crippen LogP contribution in [0.5, 0.6) is 0 Å². The van der Waals surface area contributed by atoms with Gasteiger partial charge in [-0.1, -0.05) is 35.3 Å². The van der Waals surface area contributed by atoms with Gasteiger partial charge in [-0.15, -0.1) is 0 Å². The molecule has 2 heterocycles. The standard InChI is InChI=1S/C22H20Cl2N2O3/c1-12-9-17-15(11-16(12)24)20(27)18-19(13-5-4-6-14(23)10-13)26(8-7-25(2)3)22(28)21(18)29-17/h4-6,9-11,19H,7-8H2,1-3H3/t19-/m0/s1. The summed E-state index contributed by atoms with van der Waals surface area (Å²) in [6.45, 7) is 2.92. The minimum atomic E-state index is -0.558. The minimum absolute atomic E-state index is 0.0907. The van der Waals surface area contributed by atoms with Crippen LogP contribution in [0.2, 0.25) is 10.0 Å². The largest absolute Gasteiger partial charge is 0.450 e. The smallest absolute Gasteiger partial charge is 0.290 e. The fourth-order valence-corrected chi connectivity index (χ4v) is 4.06. The number of likely N-dealkylation sites (N-methyl/N-ethyl adjacent to an activating group) is 1. The van der Waals surface area contributed by atoms with Crippen molar-refractivity contribution in [1.82, 2.24) is 9.80 Å². The monoisotopic (exact) mass is 430 g/mol. The summed E-state index contributed by atoms with van der Waals surface area (Å²) in [7, 11) is 3.87. The first-order valence-electron chi connectivity index (χ1n) is 9.26. The van der Waals surface area contributed by atoms with Crippen molar-refractivity contribution >= 4 is 40.1 Å². The molecule has 1 amide bonds. The third-order valence-corrected chi connectivity index (χ3v) is 5.84. The maximum absolute atomic E-state index is 13.4. The van der Waals surface area contributed by atoms with Crippen LogP contribution in [-0.4, -0.2) is 42.9 Å². The molecular weight excluding hydrogens is 411 g/mol. The Hall–Kier alpha value is -2.34. The van der Waals surface area contributed by atoms with E-state index in [4.69, 9.17) is 27.6 Å². The summed E-state index contributed by atoms with van der Waals surface area (Å²) < 4.78 is 5.96.